The topological polar surface area (TPSA) is 35.9 Å². The number of para-hydroxylation sites is 2. The van der Waals surface area contributed by atoms with Crippen molar-refractivity contribution in [3.63, 3.8) is 0 Å². The molecule has 0 atom stereocenters. The number of aryl methyl sites for hydroxylation is 2. The Morgan fingerprint density at radius 2 is 1.27 bits per heavy atom. The third-order valence-corrected chi connectivity index (χ3v) is 14.6. The summed E-state index contributed by atoms with van der Waals surface area (Å²) in [7, 11) is 0. The molecule has 1 aliphatic carbocycles. The zero-order chi connectivity index (χ0) is 82.3. The van der Waals surface area contributed by atoms with Gasteiger partial charge in [-0.25, -0.2) is 4.98 Å². The van der Waals surface area contributed by atoms with E-state index in [0.29, 0.717) is 11.3 Å². The van der Waals surface area contributed by atoms with Crippen molar-refractivity contribution >= 4 is 32.8 Å². The number of hydrogen-bond acceptors (Lipinski definition) is 2. The summed E-state index contributed by atoms with van der Waals surface area (Å²) in [5, 5.41) is 1.69. The average Bonchev–Trinajstić information content (AvgIpc) is 0.768. The molecule has 0 N–H and O–H groups in total. The maximum Gasteiger partial charge on any atom is 0.269 e. The Bertz CT molecular complexity index is 5980. The van der Waals surface area contributed by atoms with Gasteiger partial charge in [0.2, 0.25) is 0 Å². The molecule has 0 saturated carbocycles. The molecule has 1 aliphatic heterocycles. The van der Waals surface area contributed by atoms with E-state index < -0.39 is 198 Å². The second-order valence-corrected chi connectivity index (χ2v) is 20.6. The van der Waals surface area contributed by atoms with Gasteiger partial charge in [-0.05, 0) is 181 Å². The summed E-state index contributed by atoms with van der Waals surface area (Å²) in [5.41, 5.74) is -18.8. The molecule has 3 aromatic heterocycles. The SMILES string of the molecule is [2H]c1c([2H])c([2H])c2c(c1[2H])-c1cccc(-c3c(C([2H])([2H])[2H])cccc3C([2H])([2H])[2H])c1-[n+]1[c-]n(-c3cccc(Oc4ccc5c6ccccc6n(-c6cc(C(C)(C)C)ccn6)c5c4)c3)c3cc(-c4c([2H])c([2H])c5c(c4[2H])C(C([2H])([2H])[2H])(C([2H])([2H])[2H])C([2H])([2H])C([2H])([2H])C5(C([2H])([2H])[2H])C([2H])([2H])[2H])cc(c31)-c1c([2H])c([2H])c([2H])c([2H])c1-2. The van der Waals surface area contributed by atoms with Crippen LogP contribution in [0, 0.1) is 20.0 Å². The number of pyridine rings is 1. The second kappa shape index (κ2) is 17.9. The van der Waals surface area contributed by atoms with E-state index in [9.17, 15) is 20.6 Å². The van der Waals surface area contributed by atoms with Crippen LogP contribution >= 0.6 is 0 Å². The van der Waals surface area contributed by atoms with Crippen LogP contribution < -0.4 is 9.30 Å². The molecule has 12 aromatic rings. The fraction of sp³-hybridized carbons (Fsp3) is 0.189. The van der Waals surface area contributed by atoms with Crippen LogP contribution in [-0.2, 0) is 16.2 Å². The Hall–Kier alpha value is -8.80. The summed E-state index contributed by atoms with van der Waals surface area (Å²) in [6.07, 6.45) is -4.49. The predicted octanol–water partition coefficient (Wildman–Crippen LogP) is 18.9. The first-order valence-corrected chi connectivity index (χ1v) is 25.1. The smallest absolute Gasteiger partial charge is 0.269 e. The number of aromatic nitrogens is 4. The van der Waals surface area contributed by atoms with Gasteiger partial charge < -0.3 is 4.74 Å². The van der Waals surface area contributed by atoms with E-state index in [4.69, 9.17) is 34.4 Å². The Labute approximate surface area is 510 Å². The molecule has 5 nitrogen and oxygen atoms in total. The van der Waals surface area contributed by atoms with Crippen molar-refractivity contribution in [3.05, 3.63) is 234 Å². The van der Waals surface area contributed by atoms with Crippen LogP contribution in [0.3, 0.4) is 0 Å². The molecule has 2 aliphatic rings. The van der Waals surface area contributed by atoms with Gasteiger partial charge in [-0.2, -0.15) is 0 Å². The fourth-order valence-corrected chi connectivity index (χ4v) is 10.9. The van der Waals surface area contributed by atoms with E-state index in [1.807, 2.05) is 47.0 Å². The van der Waals surface area contributed by atoms with E-state index in [1.54, 1.807) is 24.4 Å². The zero-order valence-corrected chi connectivity index (χ0v) is 42.4. The number of imidazole rings is 1. The van der Waals surface area contributed by atoms with Gasteiger partial charge in [0.15, 0.2) is 0 Å². The first-order valence-electron chi connectivity index (χ1n) is 41.6. The summed E-state index contributed by atoms with van der Waals surface area (Å²) in [6, 6.07) is 20.0. The summed E-state index contributed by atoms with van der Waals surface area (Å²) in [6.45, 7) is -18.0. The van der Waals surface area contributed by atoms with Gasteiger partial charge in [0.25, 0.3) is 6.33 Å². The normalized spacial score (nSPS) is 22.5. The third kappa shape index (κ3) is 7.88. The van der Waals surface area contributed by atoms with Gasteiger partial charge in [-0.15, -0.1) is 0 Å². The molecule has 0 radical (unpaired) electrons. The molecular weight excluding hydrogens is 961 g/mol. The van der Waals surface area contributed by atoms with Crippen LogP contribution in [0.1, 0.15) is 134 Å². The first-order chi connectivity index (χ1) is 51.7. The average molecular weight is 1060 g/mol. The maximum absolute atomic E-state index is 10.4. The van der Waals surface area contributed by atoms with Crippen molar-refractivity contribution in [2.24, 2.45) is 0 Å². The summed E-state index contributed by atoms with van der Waals surface area (Å²) < 4.78 is 319. The van der Waals surface area contributed by atoms with Crippen LogP contribution in [0.4, 0.5) is 0 Å². The molecule has 0 spiro atoms. The van der Waals surface area contributed by atoms with E-state index in [0.717, 1.165) is 46.1 Å². The van der Waals surface area contributed by atoms with Crippen molar-refractivity contribution in [1.82, 2.24) is 14.1 Å². The van der Waals surface area contributed by atoms with Crippen molar-refractivity contribution in [1.29, 1.82) is 0 Å². The monoisotopic (exact) mass is 1060 g/mol. The molecule has 0 unspecified atom stereocenters. The number of benzene rings is 9. The Balaban J connectivity index is 1.20. The minimum Gasteiger partial charge on any atom is -0.458 e. The third-order valence-electron chi connectivity index (χ3n) is 14.6. The zero-order valence-electron chi connectivity index (χ0n) is 75.4. The molecule has 5 heteroatoms. The standard InChI is InChI=1S/C74H64N4O/c1-46-19-16-20-47(2)69(46)61-29-18-28-60-56-25-12-10-23-54(56)55-24-11-13-26-57(55)62-39-49(48-31-34-63-64(40-48)74(8,9)37-36-73(63,6)7)41-67-71(62)77(70(60)61)45-76(67)51-21-17-22-52(43-51)79-53-32-33-59-58-27-14-15-30-65(58)78(66(59)44-53)68-42-50(35-38-75-68)72(3,4)5/h10-35,38-44H,36-37H2,1-9H3/i1D3,2D3,6D3,7D3,8D3,9D3,10D,11D,12D,13D,23D,24D,25D,26D,31D,34D,36D2,37D2,40D. The van der Waals surface area contributed by atoms with Gasteiger partial charge in [-0.1, -0.05) is 181 Å². The van der Waals surface area contributed by atoms with Crippen molar-refractivity contribution < 1.29 is 54.5 Å². The maximum atomic E-state index is 10.4. The highest BCUT2D eigenvalue weighted by molar-refractivity contribution is 6.09. The van der Waals surface area contributed by atoms with Gasteiger partial charge >= 0.3 is 0 Å². The van der Waals surface area contributed by atoms with Crippen molar-refractivity contribution in [2.45, 2.75) is 90.9 Å². The first kappa shape index (κ1) is 24.9. The number of nitrogens with zero attached hydrogens (tertiary/aromatic N) is 4. The molecule has 9 aromatic carbocycles. The van der Waals surface area contributed by atoms with Crippen LogP contribution in [0.2, 0.25) is 0 Å². The van der Waals surface area contributed by atoms with Gasteiger partial charge in [0.05, 0.1) is 48.5 Å². The highest BCUT2D eigenvalue weighted by atomic mass is 16.5. The lowest BCUT2D eigenvalue weighted by molar-refractivity contribution is -0.570. The van der Waals surface area contributed by atoms with Gasteiger partial charge in [0.1, 0.15) is 17.3 Å². The summed E-state index contributed by atoms with van der Waals surface area (Å²) >= 11 is 0. The number of rotatable bonds is 6. The van der Waals surface area contributed by atoms with E-state index in [2.05, 4.69) is 27.1 Å². The van der Waals surface area contributed by atoms with Crippen LogP contribution in [0.5, 0.6) is 11.5 Å². The lowest BCUT2D eigenvalue weighted by Gasteiger charge is -2.42. The van der Waals surface area contributed by atoms with Gasteiger partial charge in [-0.3, -0.25) is 13.7 Å². The summed E-state index contributed by atoms with van der Waals surface area (Å²) in [4.78, 5) is 4.80. The molecule has 0 amide bonds. The molecule has 386 valence electrons. The van der Waals surface area contributed by atoms with Crippen LogP contribution in [0.25, 0.3) is 106 Å². The Morgan fingerprint density at radius 1 is 0.595 bits per heavy atom. The second-order valence-electron chi connectivity index (χ2n) is 20.6. The highest BCUT2D eigenvalue weighted by Crippen LogP contribution is 2.50. The molecule has 0 saturated heterocycles. The summed E-state index contributed by atoms with van der Waals surface area (Å²) in [5.74, 6) is 0.903. The fourth-order valence-electron chi connectivity index (χ4n) is 10.9. The van der Waals surface area contributed by atoms with Gasteiger partial charge in [0, 0.05) is 53.2 Å². The Kier molecular flexibility index (Phi) is 5.63. The number of ether oxygens (including phenoxy) is 1. The molecule has 0 bridgehead atoms. The van der Waals surface area contributed by atoms with Crippen LogP contribution in [0.15, 0.2) is 200 Å². The number of fused-ring (bicyclic) bond motifs is 11. The van der Waals surface area contributed by atoms with Crippen LogP contribution in [-0.4, -0.2) is 14.1 Å². The molecule has 79 heavy (non-hydrogen) atoms. The predicted molar refractivity (Wildman–Crippen MR) is 326 cm³/mol. The lowest BCUT2D eigenvalue weighted by Crippen LogP contribution is -2.33. The largest absolute Gasteiger partial charge is 0.458 e. The van der Waals surface area contributed by atoms with Crippen molar-refractivity contribution in [2.75, 3.05) is 0 Å². The molecule has 0 fully saturated rings. The minimum atomic E-state index is -4.76. The van der Waals surface area contributed by atoms with Crippen molar-refractivity contribution in [3.8, 4) is 84.3 Å². The molecular formula is C74H64N4O. The van der Waals surface area contributed by atoms with E-state index >= 15 is 0 Å². The lowest BCUT2D eigenvalue weighted by atomic mass is 9.63. The van der Waals surface area contributed by atoms with E-state index in [1.165, 1.54) is 51.6 Å². The quantitative estimate of drug-likeness (QED) is 0.123. The number of hydrogen-bond donors (Lipinski definition) is 0. The minimum absolute atomic E-state index is 0.00870. The molecule has 14 rings (SSSR count). The molecule has 4 heterocycles. The van der Waals surface area contributed by atoms with E-state index in [-0.39, 0.29) is 50.4 Å². The highest BCUT2D eigenvalue weighted by Gasteiger charge is 2.37. The Morgan fingerprint density at radius 3 is 2.01 bits per heavy atom.